The van der Waals surface area contributed by atoms with Crippen LogP contribution in [-0.4, -0.2) is 11.8 Å². The Morgan fingerprint density at radius 1 is 0.818 bits per heavy atom. The molecule has 0 atom stereocenters. The standard InChI is InChI=1S/C18H18N2O2/c21-17(19-15-9-3-1-4-10-15)13-7-8-14-18(22)20-16-11-5-2-6-12-16/h1-7,9-13H,8,14H2,(H,19,21)(H,20,22)/b13-7+. The molecule has 0 aliphatic carbocycles. The third kappa shape index (κ3) is 5.63. The first kappa shape index (κ1) is 15.5. The van der Waals surface area contributed by atoms with Crippen molar-refractivity contribution in [2.75, 3.05) is 10.6 Å². The summed E-state index contributed by atoms with van der Waals surface area (Å²) in [7, 11) is 0. The van der Waals surface area contributed by atoms with E-state index in [9.17, 15) is 9.59 Å². The Kier molecular flexibility index (Phi) is 5.93. The third-order valence-electron chi connectivity index (χ3n) is 2.91. The quantitative estimate of drug-likeness (QED) is 0.800. The van der Waals surface area contributed by atoms with Crippen LogP contribution in [0, 0.1) is 0 Å². The van der Waals surface area contributed by atoms with E-state index in [1.165, 1.54) is 6.08 Å². The molecule has 0 spiro atoms. The Balaban J connectivity index is 1.69. The number of para-hydroxylation sites is 2. The molecule has 22 heavy (non-hydrogen) atoms. The van der Waals surface area contributed by atoms with Crippen LogP contribution < -0.4 is 10.6 Å². The van der Waals surface area contributed by atoms with Crippen LogP contribution in [0.1, 0.15) is 12.8 Å². The van der Waals surface area contributed by atoms with Crippen LogP contribution in [0.3, 0.4) is 0 Å². The molecular formula is C18H18N2O2. The summed E-state index contributed by atoms with van der Waals surface area (Å²) >= 11 is 0. The van der Waals surface area contributed by atoms with E-state index >= 15 is 0 Å². The van der Waals surface area contributed by atoms with Crippen LogP contribution in [0.5, 0.6) is 0 Å². The summed E-state index contributed by atoms with van der Waals surface area (Å²) in [4.78, 5) is 23.4. The van der Waals surface area contributed by atoms with Gasteiger partial charge in [-0.25, -0.2) is 0 Å². The van der Waals surface area contributed by atoms with Gasteiger partial charge in [-0.05, 0) is 36.8 Å². The van der Waals surface area contributed by atoms with Crippen LogP contribution in [-0.2, 0) is 9.59 Å². The topological polar surface area (TPSA) is 58.2 Å². The minimum Gasteiger partial charge on any atom is -0.326 e. The second kappa shape index (κ2) is 8.42. The van der Waals surface area contributed by atoms with Gasteiger partial charge in [-0.3, -0.25) is 9.59 Å². The molecule has 0 unspecified atom stereocenters. The lowest BCUT2D eigenvalue weighted by molar-refractivity contribution is -0.116. The van der Waals surface area contributed by atoms with E-state index in [-0.39, 0.29) is 11.8 Å². The lowest BCUT2D eigenvalue weighted by atomic mass is 10.2. The van der Waals surface area contributed by atoms with Crippen molar-refractivity contribution >= 4 is 23.2 Å². The van der Waals surface area contributed by atoms with E-state index in [4.69, 9.17) is 0 Å². The number of amides is 2. The number of anilines is 2. The number of carbonyl (C=O) groups is 2. The van der Waals surface area contributed by atoms with Crippen LogP contribution in [0.15, 0.2) is 72.8 Å². The molecule has 0 bridgehead atoms. The van der Waals surface area contributed by atoms with Crippen LogP contribution in [0.4, 0.5) is 11.4 Å². The number of nitrogens with one attached hydrogen (secondary N) is 2. The molecule has 2 N–H and O–H groups in total. The van der Waals surface area contributed by atoms with Crippen molar-refractivity contribution in [3.05, 3.63) is 72.8 Å². The fourth-order valence-corrected chi connectivity index (χ4v) is 1.86. The van der Waals surface area contributed by atoms with Crippen molar-refractivity contribution < 1.29 is 9.59 Å². The Morgan fingerprint density at radius 2 is 1.36 bits per heavy atom. The highest BCUT2D eigenvalue weighted by molar-refractivity contribution is 5.99. The Hall–Kier alpha value is -2.88. The first-order valence-electron chi connectivity index (χ1n) is 7.11. The Labute approximate surface area is 129 Å². The van der Waals surface area contributed by atoms with E-state index in [1.54, 1.807) is 6.08 Å². The van der Waals surface area contributed by atoms with E-state index < -0.39 is 0 Å². The molecule has 0 saturated carbocycles. The van der Waals surface area contributed by atoms with E-state index in [1.807, 2.05) is 60.7 Å². The number of allylic oxidation sites excluding steroid dienone is 1. The third-order valence-corrected chi connectivity index (χ3v) is 2.91. The predicted molar refractivity (Wildman–Crippen MR) is 88.5 cm³/mol. The van der Waals surface area contributed by atoms with Gasteiger partial charge in [-0.2, -0.15) is 0 Å². The van der Waals surface area contributed by atoms with Crippen LogP contribution >= 0.6 is 0 Å². The van der Waals surface area contributed by atoms with E-state index in [0.29, 0.717) is 12.8 Å². The first-order chi connectivity index (χ1) is 10.7. The molecule has 0 aliphatic rings. The molecule has 2 rings (SSSR count). The molecular weight excluding hydrogens is 276 g/mol. The summed E-state index contributed by atoms with van der Waals surface area (Å²) in [5.41, 5.74) is 1.53. The van der Waals surface area contributed by atoms with Crippen molar-refractivity contribution in [1.29, 1.82) is 0 Å². The smallest absolute Gasteiger partial charge is 0.248 e. The number of hydrogen-bond acceptors (Lipinski definition) is 2. The predicted octanol–water partition coefficient (Wildman–Crippen LogP) is 3.60. The van der Waals surface area contributed by atoms with Gasteiger partial charge in [0.25, 0.3) is 0 Å². The van der Waals surface area contributed by atoms with Gasteiger partial charge in [0.15, 0.2) is 0 Å². The zero-order valence-electron chi connectivity index (χ0n) is 12.2. The Bertz CT molecular complexity index is 637. The summed E-state index contributed by atoms with van der Waals surface area (Å²) in [5, 5.41) is 5.54. The number of rotatable bonds is 6. The second-order valence-electron chi connectivity index (χ2n) is 4.71. The SMILES string of the molecule is O=C(/C=C/CCC(=O)Nc1ccccc1)Nc1ccccc1. The van der Waals surface area contributed by atoms with Crippen LogP contribution in [0.2, 0.25) is 0 Å². The van der Waals surface area contributed by atoms with Gasteiger partial charge in [-0.1, -0.05) is 42.5 Å². The summed E-state index contributed by atoms with van der Waals surface area (Å²) in [6, 6.07) is 18.5. The van der Waals surface area contributed by atoms with Crippen molar-refractivity contribution in [3.8, 4) is 0 Å². The minimum absolute atomic E-state index is 0.0701. The van der Waals surface area contributed by atoms with E-state index in [2.05, 4.69) is 10.6 Å². The van der Waals surface area contributed by atoms with Gasteiger partial charge in [-0.15, -0.1) is 0 Å². The molecule has 2 aromatic rings. The van der Waals surface area contributed by atoms with Gasteiger partial charge < -0.3 is 10.6 Å². The maximum absolute atomic E-state index is 11.7. The number of hydrogen-bond donors (Lipinski definition) is 2. The lowest BCUT2D eigenvalue weighted by Gasteiger charge is -2.03. The fourth-order valence-electron chi connectivity index (χ4n) is 1.86. The van der Waals surface area contributed by atoms with Crippen molar-refractivity contribution in [3.63, 3.8) is 0 Å². The van der Waals surface area contributed by atoms with Crippen molar-refractivity contribution in [1.82, 2.24) is 0 Å². The average Bonchev–Trinajstić information content (AvgIpc) is 2.53. The lowest BCUT2D eigenvalue weighted by Crippen LogP contribution is -2.11. The molecule has 4 nitrogen and oxygen atoms in total. The summed E-state index contributed by atoms with van der Waals surface area (Å²) in [5.74, 6) is -0.269. The van der Waals surface area contributed by atoms with Gasteiger partial charge in [0, 0.05) is 17.8 Å². The maximum Gasteiger partial charge on any atom is 0.248 e. The largest absolute Gasteiger partial charge is 0.326 e. The van der Waals surface area contributed by atoms with Crippen LogP contribution in [0.25, 0.3) is 0 Å². The summed E-state index contributed by atoms with van der Waals surface area (Å²) < 4.78 is 0. The van der Waals surface area contributed by atoms with Gasteiger partial charge in [0.1, 0.15) is 0 Å². The minimum atomic E-state index is -0.199. The molecule has 0 heterocycles. The zero-order chi connectivity index (χ0) is 15.6. The monoisotopic (exact) mass is 294 g/mol. The molecule has 0 fully saturated rings. The Morgan fingerprint density at radius 3 is 1.95 bits per heavy atom. The molecule has 0 aliphatic heterocycles. The molecule has 0 saturated heterocycles. The molecule has 2 aromatic carbocycles. The summed E-state index contributed by atoms with van der Waals surface area (Å²) in [6.07, 6.45) is 4.00. The highest BCUT2D eigenvalue weighted by atomic mass is 16.2. The zero-order valence-corrected chi connectivity index (χ0v) is 12.2. The van der Waals surface area contributed by atoms with Crippen molar-refractivity contribution in [2.24, 2.45) is 0 Å². The average molecular weight is 294 g/mol. The maximum atomic E-state index is 11.7. The first-order valence-corrected chi connectivity index (χ1v) is 7.11. The molecule has 112 valence electrons. The number of benzene rings is 2. The fraction of sp³-hybridized carbons (Fsp3) is 0.111. The normalized spacial score (nSPS) is 10.4. The van der Waals surface area contributed by atoms with Gasteiger partial charge >= 0.3 is 0 Å². The van der Waals surface area contributed by atoms with E-state index in [0.717, 1.165) is 11.4 Å². The summed E-state index contributed by atoms with van der Waals surface area (Å²) in [6.45, 7) is 0. The van der Waals surface area contributed by atoms with Gasteiger partial charge in [0.2, 0.25) is 11.8 Å². The highest BCUT2D eigenvalue weighted by Gasteiger charge is 2.00. The van der Waals surface area contributed by atoms with Gasteiger partial charge in [0.05, 0.1) is 0 Å². The molecule has 2 amide bonds. The van der Waals surface area contributed by atoms with Crippen molar-refractivity contribution in [2.45, 2.75) is 12.8 Å². The molecule has 0 aromatic heterocycles. The highest BCUT2D eigenvalue weighted by Crippen LogP contribution is 2.07. The molecule has 4 heteroatoms. The second-order valence-corrected chi connectivity index (χ2v) is 4.71. The number of carbonyl (C=O) groups excluding carboxylic acids is 2. The molecule has 0 radical (unpaired) electrons.